The van der Waals surface area contributed by atoms with Crippen molar-refractivity contribution in [2.24, 2.45) is 11.5 Å². The lowest BCUT2D eigenvalue weighted by molar-refractivity contribution is -0.459. The standard InChI is InChI=1S/C24H27N5O4/c1-15-20(21(30)29-18(23(31)32)13-8-14-27-24(25)26)33-22(28-15)19(16-9-4-2-5-10-16)17-11-6-3-7-12-17/h2-7,9-12,18-19H,8,13-14H2,1H3,(H,29,30)(H,31,32)(H4,25,26,27)/p+1/t18-/m0/s1. The molecule has 9 heteroatoms. The number of guanidine groups is 1. The van der Waals surface area contributed by atoms with E-state index in [9.17, 15) is 14.7 Å². The molecule has 3 aromatic rings. The Bertz CT molecular complexity index is 1070. The van der Waals surface area contributed by atoms with Crippen molar-refractivity contribution in [1.82, 2.24) is 10.3 Å². The van der Waals surface area contributed by atoms with Gasteiger partial charge in [0.05, 0.1) is 18.2 Å². The highest BCUT2D eigenvalue weighted by atomic mass is 16.4. The monoisotopic (exact) mass is 450 g/mol. The summed E-state index contributed by atoms with van der Waals surface area (Å²) >= 11 is 0. The number of nitrogens with two attached hydrogens (primary N) is 2. The Balaban J connectivity index is 1.83. The van der Waals surface area contributed by atoms with Gasteiger partial charge in [-0.1, -0.05) is 60.7 Å². The predicted molar refractivity (Wildman–Crippen MR) is 122 cm³/mol. The highest BCUT2D eigenvalue weighted by Crippen LogP contribution is 2.32. The smallest absolute Gasteiger partial charge is 0.338 e. The molecule has 33 heavy (non-hydrogen) atoms. The number of carbonyl (C=O) groups is 2. The van der Waals surface area contributed by atoms with Crippen LogP contribution in [0.3, 0.4) is 0 Å². The molecular formula is C24H28N5O4+. The van der Waals surface area contributed by atoms with E-state index >= 15 is 0 Å². The number of carbonyl (C=O) groups excluding carboxylic acids is 1. The number of aryl methyl sites for hydroxylation is 1. The largest absolute Gasteiger partial charge is 0.480 e. The number of carboxylic acids is 1. The Morgan fingerprint density at radius 3 is 2.15 bits per heavy atom. The van der Waals surface area contributed by atoms with E-state index < -0.39 is 17.9 Å². The van der Waals surface area contributed by atoms with E-state index in [1.165, 1.54) is 0 Å². The van der Waals surface area contributed by atoms with Gasteiger partial charge in [0.25, 0.3) is 5.91 Å². The molecule has 172 valence electrons. The van der Waals surface area contributed by atoms with Crippen LogP contribution in [0.2, 0.25) is 0 Å². The maximum Gasteiger partial charge on any atom is 0.338 e. The lowest BCUT2D eigenvalue weighted by Crippen LogP contribution is -2.78. The van der Waals surface area contributed by atoms with E-state index in [1.54, 1.807) is 6.92 Å². The van der Waals surface area contributed by atoms with Gasteiger partial charge < -0.3 is 14.8 Å². The Morgan fingerprint density at radius 1 is 1.06 bits per heavy atom. The van der Waals surface area contributed by atoms with Gasteiger partial charge >= 0.3 is 11.9 Å². The first-order chi connectivity index (χ1) is 15.9. The van der Waals surface area contributed by atoms with Gasteiger partial charge in [-0.15, -0.1) is 0 Å². The van der Waals surface area contributed by atoms with E-state index in [0.29, 0.717) is 24.6 Å². The number of benzene rings is 2. The van der Waals surface area contributed by atoms with Crippen LogP contribution in [-0.2, 0) is 4.79 Å². The Hall–Kier alpha value is -4.14. The highest BCUT2D eigenvalue weighted by molar-refractivity contribution is 5.95. The minimum atomic E-state index is -1.14. The van der Waals surface area contributed by atoms with Crippen molar-refractivity contribution >= 4 is 17.8 Å². The number of hydrogen-bond acceptors (Lipinski definition) is 4. The van der Waals surface area contributed by atoms with Crippen molar-refractivity contribution in [2.45, 2.75) is 31.7 Å². The van der Waals surface area contributed by atoms with Crippen LogP contribution < -0.4 is 21.8 Å². The molecule has 0 saturated carbocycles. The van der Waals surface area contributed by atoms with Gasteiger partial charge in [-0.05, 0) is 30.9 Å². The molecule has 0 aliphatic heterocycles. The molecule has 7 N–H and O–H groups in total. The molecular weight excluding hydrogens is 422 g/mol. The number of nitrogens with zero attached hydrogens (tertiary/aromatic N) is 1. The van der Waals surface area contributed by atoms with Crippen LogP contribution in [0, 0.1) is 6.92 Å². The summed E-state index contributed by atoms with van der Waals surface area (Å²) in [5.74, 6) is -1.67. The van der Waals surface area contributed by atoms with Crippen molar-refractivity contribution in [3.05, 3.63) is 89.1 Å². The molecule has 1 heterocycles. The molecule has 1 aromatic heterocycles. The Kier molecular flexibility index (Phi) is 7.80. The molecule has 0 saturated heterocycles. The van der Waals surface area contributed by atoms with Gasteiger partial charge in [-0.2, -0.15) is 0 Å². The van der Waals surface area contributed by atoms with Gasteiger partial charge in [-0.25, -0.2) is 9.78 Å². The van der Waals surface area contributed by atoms with Gasteiger partial charge in [0.15, 0.2) is 0 Å². The molecule has 0 radical (unpaired) electrons. The van der Waals surface area contributed by atoms with Crippen LogP contribution in [0.1, 0.15) is 52.0 Å². The quantitative estimate of drug-likeness (QED) is 0.171. The zero-order valence-corrected chi connectivity index (χ0v) is 18.3. The molecule has 9 nitrogen and oxygen atoms in total. The van der Waals surface area contributed by atoms with Gasteiger partial charge in [0, 0.05) is 0 Å². The van der Waals surface area contributed by atoms with Crippen molar-refractivity contribution in [1.29, 1.82) is 0 Å². The van der Waals surface area contributed by atoms with Crippen molar-refractivity contribution in [2.75, 3.05) is 6.54 Å². The fourth-order valence-electron chi connectivity index (χ4n) is 3.54. The average Bonchev–Trinajstić information content (AvgIpc) is 3.18. The molecule has 2 aromatic carbocycles. The Morgan fingerprint density at radius 2 is 1.64 bits per heavy atom. The number of oxazole rings is 1. The van der Waals surface area contributed by atoms with E-state index in [1.807, 2.05) is 60.7 Å². The van der Waals surface area contributed by atoms with Crippen molar-refractivity contribution < 1.29 is 24.1 Å². The molecule has 1 atom stereocenters. The van der Waals surface area contributed by atoms with Crippen LogP contribution in [0.4, 0.5) is 0 Å². The summed E-state index contributed by atoms with van der Waals surface area (Å²) in [5, 5.41) is 12.0. The third kappa shape index (κ3) is 6.19. The summed E-state index contributed by atoms with van der Waals surface area (Å²) < 4.78 is 5.92. The zero-order chi connectivity index (χ0) is 23.8. The molecule has 0 spiro atoms. The lowest BCUT2D eigenvalue weighted by atomic mass is 9.91. The molecule has 0 bridgehead atoms. The maximum atomic E-state index is 12.9. The number of hydrogen-bond donors (Lipinski definition) is 5. The minimum Gasteiger partial charge on any atom is -0.480 e. The third-order valence-electron chi connectivity index (χ3n) is 5.13. The molecule has 0 fully saturated rings. The fraction of sp³-hybridized carbons (Fsp3) is 0.250. The summed E-state index contributed by atoms with van der Waals surface area (Å²) in [6.45, 7) is 2.05. The van der Waals surface area contributed by atoms with E-state index in [0.717, 1.165) is 11.1 Å². The van der Waals surface area contributed by atoms with Crippen molar-refractivity contribution in [3.63, 3.8) is 0 Å². The number of rotatable bonds is 10. The van der Waals surface area contributed by atoms with Crippen LogP contribution in [-0.4, -0.2) is 40.5 Å². The number of carboxylic acid groups (broad SMARTS) is 1. The molecule has 0 aliphatic rings. The van der Waals surface area contributed by atoms with Crippen LogP contribution in [0.15, 0.2) is 65.1 Å². The normalized spacial score (nSPS) is 11.7. The summed E-state index contributed by atoms with van der Waals surface area (Å²) in [5.41, 5.74) is 13.0. The summed E-state index contributed by atoms with van der Waals surface area (Å²) in [4.78, 5) is 31.7. The Labute approximate surface area is 191 Å². The molecule has 1 amide bonds. The average molecular weight is 451 g/mol. The predicted octanol–water partition coefficient (Wildman–Crippen LogP) is 0.480. The zero-order valence-electron chi connectivity index (χ0n) is 18.3. The van der Waals surface area contributed by atoms with Crippen LogP contribution >= 0.6 is 0 Å². The van der Waals surface area contributed by atoms with E-state index in [2.05, 4.69) is 15.3 Å². The number of aliphatic carboxylic acids is 1. The van der Waals surface area contributed by atoms with Gasteiger partial charge in [-0.3, -0.25) is 21.3 Å². The maximum absolute atomic E-state index is 12.9. The number of amides is 1. The fourth-order valence-corrected chi connectivity index (χ4v) is 3.54. The minimum absolute atomic E-state index is 0.00854. The van der Waals surface area contributed by atoms with E-state index in [-0.39, 0.29) is 24.1 Å². The van der Waals surface area contributed by atoms with Crippen LogP contribution in [0.5, 0.6) is 0 Å². The first-order valence-corrected chi connectivity index (χ1v) is 10.6. The van der Waals surface area contributed by atoms with Crippen LogP contribution in [0.25, 0.3) is 0 Å². The molecule has 0 unspecified atom stereocenters. The second kappa shape index (κ2) is 10.9. The highest BCUT2D eigenvalue weighted by Gasteiger charge is 2.28. The van der Waals surface area contributed by atoms with Gasteiger partial charge in [0.1, 0.15) is 6.04 Å². The second-order valence-electron chi connectivity index (χ2n) is 7.61. The SMILES string of the molecule is Cc1nc(C(c2ccccc2)c2ccccc2)oc1C(=O)N[C@@H](CCC[NH+]=C(N)N)C(=O)O. The lowest BCUT2D eigenvalue weighted by Gasteiger charge is -2.15. The topological polar surface area (TPSA) is 158 Å². The second-order valence-corrected chi connectivity index (χ2v) is 7.61. The summed E-state index contributed by atoms with van der Waals surface area (Å²) in [6.07, 6.45) is 0.637. The van der Waals surface area contributed by atoms with E-state index in [4.69, 9.17) is 15.9 Å². The number of aromatic nitrogens is 1. The van der Waals surface area contributed by atoms with Crippen molar-refractivity contribution in [3.8, 4) is 0 Å². The first-order valence-electron chi connectivity index (χ1n) is 10.6. The summed E-state index contributed by atoms with van der Waals surface area (Å²) in [7, 11) is 0. The number of nitrogens with one attached hydrogen (secondary N) is 2. The first kappa shape index (κ1) is 23.5. The van der Waals surface area contributed by atoms with Gasteiger partial charge in [0.2, 0.25) is 11.7 Å². The molecule has 3 rings (SSSR count). The third-order valence-corrected chi connectivity index (χ3v) is 5.13. The molecule has 0 aliphatic carbocycles. The summed E-state index contributed by atoms with van der Waals surface area (Å²) in [6, 6.07) is 18.3.